The Labute approximate surface area is 209 Å². The van der Waals surface area contributed by atoms with Gasteiger partial charge in [0.25, 0.3) is 0 Å². The summed E-state index contributed by atoms with van der Waals surface area (Å²) < 4.78 is 56.6. The molecule has 0 radical (unpaired) electrons. The standard InChI is InChI=1S/C24H25ClF4N4O3/c25-15-2-1-14(17(26)11-15)12-33-18-13-32(10-3-16(18)19(31-33)24(27,28)29)21(36)30-23-7-4-22(5-8-23,6-9-23)20(34)35/h1-2,11H,3-10,12-13H2,(H,30,36)(H,34,35). The smallest absolute Gasteiger partial charge is 0.435 e. The summed E-state index contributed by atoms with van der Waals surface area (Å²) in [6.07, 6.45) is -1.60. The molecule has 2 heterocycles. The van der Waals surface area contributed by atoms with E-state index in [0.29, 0.717) is 38.5 Å². The van der Waals surface area contributed by atoms with Crippen LogP contribution in [-0.2, 0) is 30.5 Å². The first kappa shape index (κ1) is 24.9. The first-order chi connectivity index (χ1) is 16.9. The first-order valence-electron chi connectivity index (χ1n) is 11.8. The molecule has 0 saturated heterocycles. The van der Waals surface area contributed by atoms with Gasteiger partial charge in [0.15, 0.2) is 5.69 Å². The number of carboxylic acid groups (broad SMARTS) is 1. The van der Waals surface area contributed by atoms with E-state index in [9.17, 15) is 32.3 Å². The molecule has 2 bridgehead atoms. The molecule has 0 atom stereocenters. The number of benzene rings is 1. The van der Waals surface area contributed by atoms with Crippen molar-refractivity contribution in [1.29, 1.82) is 0 Å². The maximum atomic E-state index is 14.4. The predicted octanol–water partition coefficient (Wildman–Crippen LogP) is 4.99. The monoisotopic (exact) mass is 528 g/mol. The van der Waals surface area contributed by atoms with Crippen LogP contribution < -0.4 is 5.32 Å². The highest BCUT2D eigenvalue weighted by atomic mass is 35.5. The average molecular weight is 529 g/mol. The van der Waals surface area contributed by atoms with E-state index in [2.05, 4.69) is 10.4 Å². The summed E-state index contributed by atoms with van der Waals surface area (Å²) in [6.45, 7) is -0.259. The summed E-state index contributed by atoms with van der Waals surface area (Å²) in [6, 6.07) is 3.54. The van der Waals surface area contributed by atoms with Gasteiger partial charge in [0.2, 0.25) is 0 Å². The number of rotatable bonds is 4. The summed E-state index contributed by atoms with van der Waals surface area (Å²) in [5, 5.41) is 16.6. The van der Waals surface area contributed by atoms with Crippen LogP contribution in [-0.4, -0.2) is 43.9 Å². The number of halogens is 5. The minimum absolute atomic E-state index is 0.0145. The lowest BCUT2D eigenvalue weighted by atomic mass is 9.57. The number of urea groups is 1. The van der Waals surface area contributed by atoms with Crippen molar-refractivity contribution in [1.82, 2.24) is 20.0 Å². The van der Waals surface area contributed by atoms with Crippen LogP contribution in [0.25, 0.3) is 0 Å². The van der Waals surface area contributed by atoms with E-state index in [1.165, 1.54) is 17.0 Å². The molecule has 4 aliphatic rings. The summed E-state index contributed by atoms with van der Waals surface area (Å²) in [7, 11) is 0. The average Bonchev–Trinajstić information content (AvgIpc) is 3.20. The molecule has 1 aromatic heterocycles. The van der Waals surface area contributed by atoms with Crippen molar-refractivity contribution in [3.05, 3.63) is 51.6 Å². The van der Waals surface area contributed by atoms with E-state index >= 15 is 0 Å². The molecule has 3 aliphatic carbocycles. The molecule has 3 fully saturated rings. The molecule has 12 heteroatoms. The number of hydrogen-bond donors (Lipinski definition) is 2. The summed E-state index contributed by atoms with van der Waals surface area (Å²) in [5.41, 5.74) is -1.88. The highest BCUT2D eigenvalue weighted by molar-refractivity contribution is 6.30. The van der Waals surface area contributed by atoms with E-state index in [-0.39, 0.29) is 47.9 Å². The molecular weight excluding hydrogens is 504 g/mol. The molecule has 2 amide bonds. The van der Waals surface area contributed by atoms with Crippen LogP contribution in [0, 0.1) is 11.2 Å². The van der Waals surface area contributed by atoms with E-state index < -0.39 is 40.6 Å². The third-order valence-electron chi connectivity index (χ3n) is 8.10. The topological polar surface area (TPSA) is 87.5 Å². The number of carbonyl (C=O) groups is 2. The number of nitrogens with one attached hydrogen (secondary N) is 1. The summed E-state index contributed by atoms with van der Waals surface area (Å²) in [4.78, 5) is 26.3. The largest absolute Gasteiger partial charge is 0.481 e. The molecule has 2 N–H and O–H groups in total. The van der Waals surface area contributed by atoms with Crippen LogP contribution in [0.3, 0.4) is 0 Å². The second kappa shape index (κ2) is 8.64. The van der Waals surface area contributed by atoms with Crippen molar-refractivity contribution in [3.8, 4) is 0 Å². The molecular formula is C24H25ClF4N4O3. The van der Waals surface area contributed by atoms with Gasteiger partial charge in [-0.3, -0.25) is 9.48 Å². The van der Waals surface area contributed by atoms with Gasteiger partial charge >= 0.3 is 18.2 Å². The number of amides is 2. The third-order valence-corrected chi connectivity index (χ3v) is 8.34. The highest BCUT2D eigenvalue weighted by Crippen LogP contribution is 2.52. The fourth-order valence-electron chi connectivity index (χ4n) is 5.82. The Balaban J connectivity index is 1.36. The quantitative estimate of drug-likeness (QED) is 0.547. The molecule has 1 aromatic carbocycles. The fourth-order valence-corrected chi connectivity index (χ4v) is 5.98. The summed E-state index contributed by atoms with van der Waals surface area (Å²) in [5.74, 6) is -1.45. The van der Waals surface area contributed by atoms with Crippen molar-refractivity contribution in [3.63, 3.8) is 0 Å². The number of aliphatic carboxylic acids is 1. The van der Waals surface area contributed by atoms with Gasteiger partial charge in [-0.25, -0.2) is 9.18 Å². The minimum Gasteiger partial charge on any atom is -0.481 e. The normalized spacial score (nSPS) is 25.5. The van der Waals surface area contributed by atoms with Crippen molar-refractivity contribution in [2.24, 2.45) is 5.41 Å². The zero-order valence-electron chi connectivity index (χ0n) is 19.3. The Morgan fingerprint density at radius 3 is 2.39 bits per heavy atom. The maximum Gasteiger partial charge on any atom is 0.435 e. The molecule has 194 valence electrons. The molecule has 0 spiro atoms. The van der Waals surface area contributed by atoms with Gasteiger partial charge in [-0.2, -0.15) is 18.3 Å². The molecule has 2 aromatic rings. The molecule has 1 aliphatic heterocycles. The second-order valence-electron chi connectivity index (χ2n) is 10.1. The third kappa shape index (κ3) is 4.31. The number of nitrogens with zero attached hydrogens (tertiary/aromatic N) is 3. The first-order valence-corrected chi connectivity index (χ1v) is 12.2. The maximum absolute atomic E-state index is 14.4. The lowest BCUT2D eigenvalue weighted by molar-refractivity contribution is -0.156. The van der Waals surface area contributed by atoms with Crippen molar-refractivity contribution in [2.75, 3.05) is 6.54 Å². The predicted molar refractivity (Wildman–Crippen MR) is 121 cm³/mol. The number of alkyl halides is 3. The van der Waals surface area contributed by atoms with Gasteiger partial charge in [-0.1, -0.05) is 17.7 Å². The van der Waals surface area contributed by atoms with E-state index in [1.54, 1.807) is 0 Å². The van der Waals surface area contributed by atoms with Crippen LogP contribution in [0.4, 0.5) is 22.4 Å². The second-order valence-corrected chi connectivity index (χ2v) is 10.6. The lowest BCUT2D eigenvalue weighted by Crippen LogP contribution is -2.60. The Bertz CT molecular complexity index is 1200. The molecule has 3 saturated carbocycles. The zero-order valence-corrected chi connectivity index (χ0v) is 20.1. The van der Waals surface area contributed by atoms with Crippen molar-refractivity contribution < 1.29 is 32.3 Å². The Morgan fingerprint density at radius 2 is 1.81 bits per heavy atom. The van der Waals surface area contributed by atoms with Crippen LogP contribution >= 0.6 is 11.6 Å². The highest BCUT2D eigenvalue weighted by Gasteiger charge is 2.53. The van der Waals surface area contributed by atoms with Gasteiger partial charge in [-0.05, 0) is 57.1 Å². The van der Waals surface area contributed by atoms with Gasteiger partial charge in [0, 0.05) is 28.2 Å². The molecule has 36 heavy (non-hydrogen) atoms. The zero-order chi connectivity index (χ0) is 25.9. The van der Waals surface area contributed by atoms with Crippen LogP contribution in [0.2, 0.25) is 5.02 Å². The lowest BCUT2D eigenvalue weighted by Gasteiger charge is -2.52. The van der Waals surface area contributed by atoms with Crippen LogP contribution in [0.1, 0.15) is 61.0 Å². The Morgan fingerprint density at radius 1 is 1.14 bits per heavy atom. The van der Waals surface area contributed by atoms with Gasteiger partial charge in [0.05, 0.1) is 24.2 Å². The van der Waals surface area contributed by atoms with Crippen molar-refractivity contribution in [2.45, 2.75) is 69.8 Å². The molecule has 0 unspecified atom stereocenters. The van der Waals surface area contributed by atoms with Gasteiger partial charge in [0.1, 0.15) is 5.82 Å². The molecule has 6 rings (SSSR count). The van der Waals surface area contributed by atoms with Crippen LogP contribution in [0.15, 0.2) is 18.2 Å². The molecule has 7 nitrogen and oxygen atoms in total. The van der Waals surface area contributed by atoms with E-state index in [1.807, 2.05) is 0 Å². The number of hydrogen-bond acceptors (Lipinski definition) is 3. The number of fused-ring (bicyclic) bond motifs is 4. The fraction of sp³-hybridized carbons (Fsp3) is 0.542. The van der Waals surface area contributed by atoms with Gasteiger partial charge < -0.3 is 15.3 Å². The number of carbonyl (C=O) groups excluding carboxylic acids is 1. The Hall–Kier alpha value is -2.82. The van der Waals surface area contributed by atoms with Gasteiger partial charge in [-0.15, -0.1) is 0 Å². The van der Waals surface area contributed by atoms with E-state index in [0.717, 1.165) is 10.7 Å². The number of carboxylic acids is 1. The SMILES string of the molecule is O=C(NC12CCC(C(=O)O)(CC1)CC2)N1CCc2c(C(F)(F)F)nn(Cc3ccc(Cl)cc3F)c2C1. The van der Waals surface area contributed by atoms with Crippen molar-refractivity contribution >= 4 is 23.6 Å². The Kier molecular flexibility index (Phi) is 5.96. The number of aromatic nitrogens is 2. The minimum atomic E-state index is -4.68. The summed E-state index contributed by atoms with van der Waals surface area (Å²) >= 11 is 5.79. The van der Waals surface area contributed by atoms with E-state index in [4.69, 9.17) is 11.6 Å². The van der Waals surface area contributed by atoms with Crippen LogP contribution in [0.5, 0.6) is 0 Å².